The lowest BCUT2D eigenvalue weighted by Crippen LogP contribution is -2.03. The fourth-order valence-corrected chi connectivity index (χ4v) is 1.95. The van der Waals surface area contributed by atoms with Crippen LogP contribution < -0.4 is 10.5 Å². The standard InChI is InChI=1S/C15H10O5/c16-9-3-1-8(2-4-9)13-7-12(18)10-5-6-11(17)14(19)15(10)20-13/h1-7,16-17,19H/p-1. The van der Waals surface area contributed by atoms with Crippen LogP contribution in [-0.4, -0.2) is 10.2 Å². The van der Waals surface area contributed by atoms with Gasteiger partial charge in [0.15, 0.2) is 5.43 Å². The maximum atomic E-state index is 12.0. The summed E-state index contributed by atoms with van der Waals surface area (Å²) < 4.78 is 5.43. The first-order valence-corrected chi connectivity index (χ1v) is 5.82. The highest BCUT2D eigenvalue weighted by Gasteiger charge is 2.09. The van der Waals surface area contributed by atoms with Crippen molar-refractivity contribution in [2.45, 2.75) is 0 Å². The normalized spacial score (nSPS) is 10.8. The Hall–Kier alpha value is -2.95. The molecule has 0 fully saturated rings. The number of hydrogen-bond donors (Lipinski definition) is 2. The molecule has 0 radical (unpaired) electrons. The average molecular weight is 269 g/mol. The van der Waals surface area contributed by atoms with Crippen molar-refractivity contribution in [3.63, 3.8) is 0 Å². The highest BCUT2D eigenvalue weighted by molar-refractivity contribution is 5.85. The first-order chi connectivity index (χ1) is 9.56. The van der Waals surface area contributed by atoms with E-state index in [9.17, 15) is 20.1 Å². The topological polar surface area (TPSA) is 93.7 Å². The van der Waals surface area contributed by atoms with Crippen LogP contribution >= 0.6 is 0 Å². The predicted octanol–water partition coefficient (Wildman–Crippen LogP) is 1.94. The Bertz CT molecular complexity index is 847. The summed E-state index contributed by atoms with van der Waals surface area (Å²) in [7, 11) is 0. The molecule has 0 saturated carbocycles. The lowest BCUT2D eigenvalue weighted by molar-refractivity contribution is -0.268. The van der Waals surface area contributed by atoms with E-state index >= 15 is 0 Å². The molecule has 0 saturated heterocycles. The summed E-state index contributed by atoms with van der Waals surface area (Å²) in [6.45, 7) is 0. The van der Waals surface area contributed by atoms with E-state index in [1.807, 2.05) is 0 Å². The molecule has 1 aromatic heterocycles. The van der Waals surface area contributed by atoms with Gasteiger partial charge >= 0.3 is 0 Å². The lowest BCUT2D eigenvalue weighted by Gasteiger charge is -2.12. The molecule has 3 rings (SSSR count). The smallest absolute Gasteiger partial charge is 0.193 e. The van der Waals surface area contributed by atoms with Crippen LogP contribution in [0.25, 0.3) is 22.3 Å². The maximum Gasteiger partial charge on any atom is 0.193 e. The molecule has 2 N–H and O–H groups in total. The summed E-state index contributed by atoms with van der Waals surface area (Å²) in [6.07, 6.45) is 0. The Morgan fingerprint density at radius 1 is 1.00 bits per heavy atom. The Morgan fingerprint density at radius 3 is 2.40 bits per heavy atom. The number of phenolic OH excluding ortho intramolecular Hbond substituents is 2. The van der Waals surface area contributed by atoms with Crippen molar-refractivity contribution < 1.29 is 19.7 Å². The number of benzene rings is 2. The van der Waals surface area contributed by atoms with Gasteiger partial charge in [0.2, 0.25) is 0 Å². The van der Waals surface area contributed by atoms with Crippen LogP contribution in [-0.2, 0) is 0 Å². The second-order valence-corrected chi connectivity index (χ2v) is 4.31. The molecule has 0 aliphatic rings. The average Bonchev–Trinajstić information content (AvgIpc) is 2.44. The number of rotatable bonds is 1. The number of hydrogen-bond acceptors (Lipinski definition) is 5. The van der Waals surface area contributed by atoms with E-state index in [0.717, 1.165) is 0 Å². The molecule has 0 bridgehead atoms. The van der Waals surface area contributed by atoms with E-state index in [1.165, 1.54) is 30.3 Å². The number of aromatic hydroxyl groups is 2. The van der Waals surface area contributed by atoms with E-state index in [2.05, 4.69) is 0 Å². The minimum atomic E-state index is -0.722. The SMILES string of the molecule is O=c1cc(-c2ccc(O)cc2)oc2c([O-])c(O)ccc12. The summed E-state index contributed by atoms with van der Waals surface area (Å²) in [5.74, 6) is -0.909. The molecule has 0 atom stereocenters. The summed E-state index contributed by atoms with van der Waals surface area (Å²) in [4.78, 5) is 12.0. The second-order valence-electron chi connectivity index (χ2n) is 4.31. The zero-order chi connectivity index (χ0) is 14.3. The van der Waals surface area contributed by atoms with Crippen molar-refractivity contribution in [2.24, 2.45) is 0 Å². The second kappa shape index (κ2) is 4.31. The first-order valence-electron chi connectivity index (χ1n) is 5.82. The van der Waals surface area contributed by atoms with Gasteiger partial charge in [-0.15, -0.1) is 0 Å². The van der Waals surface area contributed by atoms with Crippen LogP contribution in [0.3, 0.4) is 0 Å². The molecule has 100 valence electrons. The van der Waals surface area contributed by atoms with Gasteiger partial charge in [-0.3, -0.25) is 4.79 Å². The van der Waals surface area contributed by atoms with Crippen LogP contribution in [0.5, 0.6) is 17.2 Å². The van der Waals surface area contributed by atoms with Gasteiger partial charge in [0.25, 0.3) is 0 Å². The van der Waals surface area contributed by atoms with Crippen molar-refractivity contribution >= 4 is 11.0 Å². The van der Waals surface area contributed by atoms with Gasteiger partial charge < -0.3 is 19.7 Å². The van der Waals surface area contributed by atoms with E-state index in [0.29, 0.717) is 5.56 Å². The predicted molar refractivity (Wildman–Crippen MR) is 70.7 cm³/mol. The number of fused-ring (bicyclic) bond motifs is 1. The van der Waals surface area contributed by atoms with Crippen molar-refractivity contribution in [2.75, 3.05) is 0 Å². The van der Waals surface area contributed by atoms with Crippen molar-refractivity contribution in [1.29, 1.82) is 0 Å². The minimum absolute atomic E-state index is 0.0824. The molecule has 5 nitrogen and oxygen atoms in total. The van der Waals surface area contributed by atoms with Gasteiger partial charge in [-0.2, -0.15) is 0 Å². The zero-order valence-corrected chi connectivity index (χ0v) is 10.2. The molecule has 20 heavy (non-hydrogen) atoms. The van der Waals surface area contributed by atoms with Crippen molar-refractivity contribution in [1.82, 2.24) is 0 Å². The Labute approximate surface area is 113 Å². The highest BCUT2D eigenvalue weighted by Crippen LogP contribution is 2.32. The Morgan fingerprint density at radius 2 is 1.70 bits per heavy atom. The van der Waals surface area contributed by atoms with Crippen LogP contribution in [0.2, 0.25) is 0 Å². The Balaban J connectivity index is 2.31. The van der Waals surface area contributed by atoms with E-state index in [-0.39, 0.29) is 27.9 Å². The Kier molecular flexibility index (Phi) is 2.61. The summed E-state index contributed by atoms with van der Waals surface area (Å²) in [5, 5.41) is 30.5. The molecule has 3 aromatic rings. The van der Waals surface area contributed by atoms with Gasteiger partial charge in [0.1, 0.15) is 22.8 Å². The molecule has 0 unspecified atom stereocenters. The third-order valence-electron chi connectivity index (χ3n) is 2.98. The molecule has 0 spiro atoms. The van der Waals surface area contributed by atoms with Gasteiger partial charge in [-0.25, -0.2) is 0 Å². The van der Waals surface area contributed by atoms with Crippen molar-refractivity contribution in [3.05, 3.63) is 52.7 Å². The molecular formula is C15H9O5-. The monoisotopic (exact) mass is 269 g/mol. The summed E-state index contributed by atoms with van der Waals surface area (Å²) in [5.41, 5.74) is -0.00320. The van der Waals surface area contributed by atoms with Gasteiger partial charge in [-0.1, -0.05) is 0 Å². The first kappa shape index (κ1) is 12.1. The third-order valence-corrected chi connectivity index (χ3v) is 2.98. The lowest BCUT2D eigenvalue weighted by atomic mass is 10.1. The largest absolute Gasteiger partial charge is 0.867 e. The molecular weight excluding hydrogens is 260 g/mol. The fourth-order valence-electron chi connectivity index (χ4n) is 1.95. The van der Waals surface area contributed by atoms with E-state index in [4.69, 9.17) is 4.42 Å². The van der Waals surface area contributed by atoms with Crippen molar-refractivity contribution in [3.8, 4) is 28.6 Å². The number of phenols is 2. The van der Waals surface area contributed by atoms with Crippen LogP contribution in [0.15, 0.2) is 51.7 Å². The van der Waals surface area contributed by atoms with Crippen LogP contribution in [0.1, 0.15) is 0 Å². The molecule has 0 amide bonds. The highest BCUT2D eigenvalue weighted by atomic mass is 16.4. The fraction of sp³-hybridized carbons (Fsp3) is 0. The zero-order valence-electron chi connectivity index (χ0n) is 10.2. The molecule has 0 aliphatic heterocycles. The maximum absolute atomic E-state index is 12.0. The summed E-state index contributed by atoms with van der Waals surface area (Å²) in [6, 6.07) is 9.80. The van der Waals surface area contributed by atoms with Crippen LogP contribution in [0, 0.1) is 0 Å². The van der Waals surface area contributed by atoms with Crippen LogP contribution in [0.4, 0.5) is 0 Å². The van der Waals surface area contributed by atoms with Gasteiger partial charge in [-0.05, 0) is 42.1 Å². The van der Waals surface area contributed by atoms with Gasteiger partial charge in [0, 0.05) is 11.6 Å². The molecule has 0 aliphatic carbocycles. The molecule has 5 heteroatoms. The molecule has 2 aromatic carbocycles. The van der Waals surface area contributed by atoms with Gasteiger partial charge in [0.05, 0.1) is 5.39 Å². The summed E-state index contributed by atoms with van der Waals surface area (Å²) >= 11 is 0. The van der Waals surface area contributed by atoms with E-state index < -0.39 is 11.5 Å². The quantitative estimate of drug-likeness (QED) is 0.704. The third kappa shape index (κ3) is 1.85. The van der Waals surface area contributed by atoms with E-state index in [1.54, 1.807) is 12.1 Å². The minimum Gasteiger partial charge on any atom is -0.867 e. The molecule has 1 heterocycles.